The normalized spacial score (nSPS) is 11.4. The number of aliphatic imine (C=N–C) groups is 1. The van der Waals surface area contributed by atoms with Crippen molar-refractivity contribution in [3.05, 3.63) is 82.3 Å². The van der Waals surface area contributed by atoms with Crippen molar-refractivity contribution in [3.63, 3.8) is 0 Å². The van der Waals surface area contributed by atoms with E-state index in [0.717, 1.165) is 33.7 Å². The van der Waals surface area contributed by atoms with Gasteiger partial charge in [0.1, 0.15) is 5.82 Å². The van der Waals surface area contributed by atoms with E-state index in [2.05, 4.69) is 15.0 Å². The second-order valence-electron chi connectivity index (χ2n) is 5.58. The van der Waals surface area contributed by atoms with Gasteiger partial charge in [0.25, 0.3) is 0 Å². The zero-order chi connectivity index (χ0) is 17.2. The Balaban J connectivity index is 1.66. The second-order valence-corrected chi connectivity index (χ2v) is 6.42. The van der Waals surface area contributed by atoms with Crippen LogP contribution in [0.25, 0.3) is 22.4 Å². The summed E-state index contributed by atoms with van der Waals surface area (Å²) in [7, 11) is 0. The second kappa shape index (κ2) is 6.71. The van der Waals surface area contributed by atoms with Crippen LogP contribution < -0.4 is 0 Å². The standard InChI is InChI=1S/C20H13Cl2N3/c21-15-7-6-14(17(22)10-15)12-23-16-8-9-18-19(11-16)25-20(24-18)13-4-2-1-3-5-13/h1-12H,(H,24,25). The van der Waals surface area contributed by atoms with Gasteiger partial charge >= 0.3 is 0 Å². The zero-order valence-corrected chi connectivity index (χ0v) is 14.6. The van der Waals surface area contributed by atoms with Crippen molar-refractivity contribution >= 4 is 46.1 Å². The number of nitrogens with zero attached hydrogens (tertiary/aromatic N) is 2. The molecule has 0 aliphatic heterocycles. The number of nitrogens with one attached hydrogen (secondary N) is 1. The van der Waals surface area contributed by atoms with Gasteiger partial charge in [-0.2, -0.15) is 0 Å². The quantitative estimate of drug-likeness (QED) is 0.426. The Morgan fingerprint density at radius 1 is 0.920 bits per heavy atom. The molecule has 5 heteroatoms. The Kier molecular flexibility index (Phi) is 4.26. The number of H-pyrrole nitrogens is 1. The SMILES string of the molecule is Clc1ccc(C=Nc2ccc3nc(-c4ccccc4)[nH]c3c2)c(Cl)c1. The number of halogens is 2. The van der Waals surface area contributed by atoms with Crippen molar-refractivity contribution in [1.29, 1.82) is 0 Å². The van der Waals surface area contributed by atoms with Gasteiger partial charge in [0.05, 0.1) is 21.7 Å². The van der Waals surface area contributed by atoms with Gasteiger partial charge in [-0.15, -0.1) is 0 Å². The molecule has 1 heterocycles. The highest BCUT2D eigenvalue weighted by Crippen LogP contribution is 2.25. The van der Waals surface area contributed by atoms with Crippen LogP contribution in [0.15, 0.2) is 71.7 Å². The van der Waals surface area contributed by atoms with Crippen LogP contribution >= 0.6 is 23.2 Å². The van der Waals surface area contributed by atoms with Crippen LogP contribution in [0, 0.1) is 0 Å². The van der Waals surface area contributed by atoms with Gasteiger partial charge in [0.2, 0.25) is 0 Å². The Morgan fingerprint density at radius 2 is 1.76 bits per heavy atom. The molecule has 0 aliphatic rings. The smallest absolute Gasteiger partial charge is 0.138 e. The fourth-order valence-corrected chi connectivity index (χ4v) is 3.02. The highest BCUT2D eigenvalue weighted by atomic mass is 35.5. The molecular formula is C20H13Cl2N3. The number of aromatic nitrogens is 2. The van der Waals surface area contributed by atoms with Gasteiger partial charge in [-0.25, -0.2) is 4.98 Å². The van der Waals surface area contributed by atoms with Gasteiger partial charge in [-0.1, -0.05) is 59.6 Å². The lowest BCUT2D eigenvalue weighted by atomic mass is 10.2. The van der Waals surface area contributed by atoms with Gasteiger partial charge in [-0.05, 0) is 30.3 Å². The van der Waals surface area contributed by atoms with E-state index in [9.17, 15) is 0 Å². The summed E-state index contributed by atoms with van der Waals surface area (Å²) in [6.45, 7) is 0. The van der Waals surface area contributed by atoms with Crippen LogP contribution in [0.4, 0.5) is 5.69 Å². The lowest BCUT2D eigenvalue weighted by Gasteiger charge is -1.98. The first-order valence-electron chi connectivity index (χ1n) is 7.73. The molecule has 3 aromatic carbocycles. The van der Waals surface area contributed by atoms with Crippen molar-refractivity contribution in [2.24, 2.45) is 4.99 Å². The molecule has 0 saturated carbocycles. The third kappa shape index (κ3) is 3.43. The van der Waals surface area contributed by atoms with Crippen LogP contribution in [0.1, 0.15) is 5.56 Å². The van der Waals surface area contributed by atoms with E-state index in [-0.39, 0.29) is 0 Å². The summed E-state index contributed by atoms with van der Waals surface area (Å²) in [6.07, 6.45) is 1.73. The molecule has 0 unspecified atom stereocenters. The maximum absolute atomic E-state index is 6.17. The Bertz CT molecular complexity index is 1070. The first-order chi connectivity index (χ1) is 12.2. The fraction of sp³-hybridized carbons (Fsp3) is 0. The first-order valence-corrected chi connectivity index (χ1v) is 8.49. The third-order valence-electron chi connectivity index (χ3n) is 3.83. The highest BCUT2D eigenvalue weighted by Gasteiger charge is 2.05. The molecule has 0 saturated heterocycles. The summed E-state index contributed by atoms with van der Waals surface area (Å²) in [5.74, 6) is 0.845. The number of aromatic amines is 1. The number of imidazole rings is 1. The molecule has 0 atom stereocenters. The maximum atomic E-state index is 6.17. The Labute approximate surface area is 155 Å². The molecule has 0 amide bonds. The largest absolute Gasteiger partial charge is 0.338 e. The average molecular weight is 366 g/mol. The summed E-state index contributed by atoms with van der Waals surface area (Å²) in [4.78, 5) is 12.5. The summed E-state index contributed by atoms with van der Waals surface area (Å²) in [6, 6.07) is 21.2. The van der Waals surface area contributed by atoms with Crippen molar-refractivity contribution in [1.82, 2.24) is 9.97 Å². The molecule has 0 radical (unpaired) electrons. The van der Waals surface area contributed by atoms with Gasteiger partial charge < -0.3 is 4.98 Å². The number of rotatable bonds is 3. The molecule has 0 spiro atoms. The minimum atomic E-state index is 0.574. The van der Waals surface area contributed by atoms with Crippen LogP contribution in [0.5, 0.6) is 0 Å². The highest BCUT2D eigenvalue weighted by molar-refractivity contribution is 6.36. The predicted molar refractivity (Wildman–Crippen MR) is 105 cm³/mol. The summed E-state index contributed by atoms with van der Waals surface area (Å²) in [5, 5.41) is 1.18. The van der Waals surface area contributed by atoms with Crippen molar-refractivity contribution in [2.75, 3.05) is 0 Å². The fourth-order valence-electron chi connectivity index (χ4n) is 2.56. The summed E-state index contributed by atoms with van der Waals surface area (Å²) in [5.41, 5.74) is 4.54. The third-order valence-corrected chi connectivity index (χ3v) is 4.39. The van der Waals surface area contributed by atoms with Crippen LogP contribution in [-0.4, -0.2) is 16.2 Å². The van der Waals surface area contributed by atoms with E-state index in [1.807, 2.05) is 54.6 Å². The van der Waals surface area contributed by atoms with Crippen molar-refractivity contribution in [2.45, 2.75) is 0 Å². The number of hydrogen-bond acceptors (Lipinski definition) is 2. The lowest BCUT2D eigenvalue weighted by molar-refractivity contribution is 1.34. The van der Waals surface area contributed by atoms with E-state index in [1.165, 1.54) is 0 Å². The molecule has 4 rings (SSSR count). The molecule has 3 nitrogen and oxygen atoms in total. The molecule has 25 heavy (non-hydrogen) atoms. The van der Waals surface area contributed by atoms with Gasteiger partial charge in [-0.3, -0.25) is 4.99 Å². The molecule has 0 fully saturated rings. The molecule has 0 bridgehead atoms. The van der Waals surface area contributed by atoms with E-state index in [1.54, 1.807) is 18.3 Å². The zero-order valence-electron chi connectivity index (χ0n) is 13.1. The molecular weight excluding hydrogens is 353 g/mol. The molecule has 122 valence electrons. The lowest BCUT2D eigenvalue weighted by Crippen LogP contribution is -1.82. The van der Waals surface area contributed by atoms with Gasteiger partial charge in [0.15, 0.2) is 0 Å². The number of hydrogen-bond donors (Lipinski definition) is 1. The van der Waals surface area contributed by atoms with Crippen LogP contribution in [0.3, 0.4) is 0 Å². The monoisotopic (exact) mass is 365 g/mol. The summed E-state index contributed by atoms with van der Waals surface area (Å²) >= 11 is 12.1. The predicted octanol–water partition coefficient (Wildman–Crippen LogP) is 6.29. The van der Waals surface area contributed by atoms with Crippen molar-refractivity contribution < 1.29 is 0 Å². The minimum absolute atomic E-state index is 0.574. The average Bonchev–Trinajstić information content (AvgIpc) is 3.05. The van der Waals surface area contributed by atoms with E-state index < -0.39 is 0 Å². The van der Waals surface area contributed by atoms with E-state index in [4.69, 9.17) is 23.2 Å². The van der Waals surface area contributed by atoms with E-state index >= 15 is 0 Å². The Hall–Kier alpha value is -2.62. The Morgan fingerprint density at radius 3 is 2.56 bits per heavy atom. The minimum Gasteiger partial charge on any atom is -0.338 e. The van der Waals surface area contributed by atoms with Crippen LogP contribution in [-0.2, 0) is 0 Å². The molecule has 0 aliphatic carbocycles. The van der Waals surface area contributed by atoms with Crippen LogP contribution in [0.2, 0.25) is 10.0 Å². The first kappa shape index (κ1) is 15.9. The number of benzene rings is 3. The van der Waals surface area contributed by atoms with Crippen molar-refractivity contribution in [3.8, 4) is 11.4 Å². The maximum Gasteiger partial charge on any atom is 0.138 e. The topological polar surface area (TPSA) is 41.0 Å². The van der Waals surface area contributed by atoms with Gasteiger partial charge in [0, 0.05) is 22.4 Å². The summed E-state index contributed by atoms with van der Waals surface area (Å²) < 4.78 is 0. The molecule has 1 N–H and O–H groups in total. The molecule has 1 aromatic heterocycles. The molecule has 4 aromatic rings. The number of fused-ring (bicyclic) bond motifs is 1. The van der Waals surface area contributed by atoms with E-state index in [0.29, 0.717) is 10.0 Å².